The lowest BCUT2D eigenvalue weighted by Crippen LogP contribution is -2.52. The van der Waals surface area contributed by atoms with Gasteiger partial charge in [-0.1, -0.05) is 6.42 Å². The highest BCUT2D eigenvalue weighted by molar-refractivity contribution is 5.91. The van der Waals surface area contributed by atoms with Crippen LogP contribution in [0, 0.1) is 5.92 Å². The van der Waals surface area contributed by atoms with Gasteiger partial charge in [0.1, 0.15) is 5.78 Å². The first-order chi connectivity index (χ1) is 12.0. The van der Waals surface area contributed by atoms with Gasteiger partial charge in [0.25, 0.3) is 0 Å². The number of nitrogens with two attached hydrogens (primary N) is 2. The molecule has 1 unspecified atom stereocenters. The Hall–Kier alpha value is -1.31. The average Bonchev–Trinajstić information content (AvgIpc) is 2.58. The van der Waals surface area contributed by atoms with Crippen LogP contribution in [0.15, 0.2) is 0 Å². The molecule has 25 heavy (non-hydrogen) atoms. The lowest BCUT2D eigenvalue weighted by molar-refractivity contribution is -0.130. The van der Waals surface area contributed by atoms with Gasteiger partial charge in [-0.25, -0.2) is 0 Å². The third-order valence-electron chi connectivity index (χ3n) is 4.84. The first kappa shape index (κ1) is 21.7. The van der Waals surface area contributed by atoms with E-state index in [9.17, 15) is 14.4 Å². The normalized spacial score (nSPS) is 25.5. The van der Waals surface area contributed by atoms with Crippen molar-refractivity contribution in [1.82, 2.24) is 10.6 Å². The molecule has 1 aliphatic rings. The minimum atomic E-state index is -0.483. The summed E-state index contributed by atoms with van der Waals surface area (Å²) in [7, 11) is 0. The average molecular weight is 354 g/mol. The predicted molar refractivity (Wildman–Crippen MR) is 97.9 cm³/mol. The van der Waals surface area contributed by atoms with Crippen molar-refractivity contribution in [3.05, 3.63) is 0 Å². The Bertz CT molecular complexity index is 442. The van der Waals surface area contributed by atoms with E-state index in [2.05, 4.69) is 10.6 Å². The van der Waals surface area contributed by atoms with Gasteiger partial charge < -0.3 is 22.1 Å². The van der Waals surface area contributed by atoms with Gasteiger partial charge in [-0.15, -0.1) is 0 Å². The van der Waals surface area contributed by atoms with Gasteiger partial charge >= 0.3 is 0 Å². The van der Waals surface area contributed by atoms with Crippen LogP contribution >= 0.6 is 0 Å². The molecule has 1 fully saturated rings. The second-order valence-electron chi connectivity index (χ2n) is 6.90. The van der Waals surface area contributed by atoms with Crippen LogP contribution in [0.1, 0.15) is 58.3 Å². The second kappa shape index (κ2) is 12.1. The number of unbranched alkanes of at least 4 members (excludes halogenated alkanes) is 2. The number of hydrogen-bond acceptors (Lipinski definition) is 6. The van der Waals surface area contributed by atoms with Crippen molar-refractivity contribution in [2.24, 2.45) is 17.4 Å². The van der Waals surface area contributed by atoms with Crippen LogP contribution in [0.5, 0.6) is 0 Å². The summed E-state index contributed by atoms with van der Waals surface area (Å²) in [5.41, 5.74) is 11.0. The van der Waals surface area contributed by atoms with Gasteiger partial charge in [0, 0.05) is 18.9 Å². The Balaban J connectivity index is 2.82. The van der Waals surface area contributed by atoms with Crippen molar-refractivity contribution in [1.29, 1.82) is 0 Å². The lowest BCUT2D eigenvalue weighted by atomic mass is 9.92. The molecule has 0 aromatic heterocycles. The number of Topliss-reactive ketones (excluding diaryl/α,β-unsaturated/α-hetero) is 2. The van der Waals surface area contributed by atoms with Crippen molar-refractivity contribution >= 4 is 17.5 Å². The van der Waals surface area contributed by atoms with E-state index in [0.717, 1.165) is 25.7 Å². The second-order valence-corrected chi connectivity index (χ2v) is 6.90. The highest BCUT2D eigenvalue weighted by atomic mass is 16.2. The topological polar surface area (TPSA) is 127 Å². The summed E-state index contributed by atoms with van der Waals surface area (Å²) in [6, 6.07) is -0.875. The summed E-state index contributed by atoms with van der Waals surface area (Å²) >= 11 is 0. The first-order valence-corrected chi connectivity index (χ1v) is 9.46. The van der Waals surface area contributed by atoms with E-state index in [1.807, 2.05) is 0 Å². The molecule has 0 aromatic carbocycles. The Labute approximate surface area is 150 Å². The van der Waals surface area contributed by atoms with Crippen LogP contribution in [0.3, 0.4) is 0 Å². The fourth-order valence-corrected chi connectivity index (χ4v) is 3.12. The third kappa shape index (κ3) is 8.07. The van der Waals surface area contributed by atoms with E-state index in [-0.39, 0.29) is 23.4 Å². The first-order valence-electron chi connectivity index (χ1n) is 9.46. The van der Waals surface area contributed by atoms with Gasteiger partial charge in [0.15, 0.2) is 5.78 Å². The van der Waals surface area contributed by atoms with E-state index < -0.39 is 12.1 Å². The molecule has 1 heterocycles. The fraction of sp³-hybridized carbons (Fsp3) is 0.833. The monoisotopic (exact) mass is 354 g/mol. The largest absolute Gasteiger partial charge is 0.345 e. The Morgan fingerprint density at radius 1 is 1.04 bits per heavy atom. The Morgan fingerprint density at radius 2 is 1.64 bits per heavy atom. The Kier molecular flexibility index (Phi) is 10.5. The van der Waals surface area contributed by atoms with Crippen LogP contribution in [0.2, 0.25) is 0 Å². The molecule has 1 aliphatic heterocycles. The highest BCUT2D eigenvalue weighted by Gasteiger charge is 2.28. The van der Waals surface area contributed by atoms with E-state index in [0.29, 0.717) is 45.3 Å². The number of amides is 1. The lowest BCUT2D eigenvalue weighted by Gasteiger charge is -2.27. The predicted octanol–water partition coefficient (Wildman–Crippen LogP) is 0.256. The molecule has 0 bridgehead atoms. The summed E-state index contributed by atoms with van der Waals surface area (Å²) in [5.74, 6) is -0.315. The van der Waals surface area contributed by atoms with Crippen LogP contribution in [-0.2, 0) is 14.4 Å². The van der Waals surface area contributed by atoms with Crippen molar-refractivity contribution in [3.8, 4) is 0 Å². The molecule has 1 rings (SSSR count). The standard InChI is InChI=1S/C18H34N4O3/c1-13(23)14-8-9-17(24)15(6-2-4-10-19)22-18(25)16(21-12-14)7-3-5-11-20/h14-16,21H,2-12,19-20H2,1H3,(H,22,25)/t14?,15-,16-/m0/s1. The summed E-state index contributed by atoms with van der Waals surface area (Å²) in [4.78, 5) is 37.0. The number of ketones is 2. The molecule has 3 atom stereocenters. The molecule has 0 spiro atoms. The summed E-state index contributed by atoms with van der Waals surface area (Å²) in [5, 5.41) is 6.14. The molecule has 1 saturated heterocycles. The van der Waals surface area contributed by atoms with E-state index in [1.165, 1.54) is 0 Å². The van der Waals surface area contributed by atoms with Crippen molar-refractivity contribution in [2.45, 2.75) is 70.4 Å². The maximum absolute atomic E-state index is 12.6. The molecule has 0 radical (unpaired) electrons. The van der Waals surface area contributed by atoms with Crippen LogP contribution in [-0.4, -0.2) is 49.2 Å². The molecule has 0 saturated carbocycles. The van der Waals surface area contributed by atoms with Crippen LogP contribution in [0.25, 0.3) is 0 Å². The van der Waals surface area contributed by atoms with Gasteiger partial charge in [-0.2, -0.15) is 0 Å². The van der Waals surface area contributed by atoms with Crippen molar-refractivity contribution in [3.63, 3.8) is 0 Å². The van der Waals surface area contributed by atoms with Crippen molar-refractivity contribution < 1.29 is 14.4 Å². The zero-order valence-corrected chi connectivity index (χ0v) is 15.4. The minimum absolute atomic E-state index is 0.0132. The van der Waals surface area contributed by atoms with E-state index >= 15 is 0 Å². The molecule has 1 amide bonds. The molecule has 144 valence electrons. The highest BCUT2D eigenvalue weighted by Crippen LogP contribution is 2.14. The van der Waals surface area contributed by atoms with Crippen LogP contribution < -0.4 is 22.1 Å². The summed E-state index contributed by atoms with van der Waals surface area (Å²) in [6.07, 6.45) is 5.40. The van der Waals surface area contributed by atoms with Gasteiger partial charge in [0.2, 0.25) is 5.91 Å². The molecule has 7 heteroatoms. The molecular formula is C18H34N4O3. The van der Waals surface area contributed by atoms with Gasteiger partial charge in [0.05, 0.1) is 12.1 Å². The summed E-state index contributed by atoms with van der Waals surface area (Å²) in [6.45, 7) is 3.14. The quantitative estimate of drug-likeness (QED) is 0.440. The Morgan fingerprint density at radius 3 is 2.20 bits per heavy atom. The van der Waals surface area contributed by atoms with Gasteiger partial charge in [-0.3, -0.25) is 14.4 Å². The zero-order chi connectivity index (χ0) is 18.7. The number of rotatable bonds is 9. The molecule has 0 aliphatic carbocycles. The molecule has 0 aromatic rings. The molecule has 6 N–H and O–H groups in total. The smallest absolute Gasteiger partial charge is 0.237 e. The molecular weight excluding hydrogens is 320 g/mol. The van der Waals surface area contributed by atoms with E-state index in [4.69, 9.17) is 11.5 Å². The maximum Gasteiger partial charge on any atom is 0.237 e. The number of hydrogen-bond donors (Lipinski definition) is 4. The number of carbonyl (C=O) groups is 3. The van der Waals surface area contributed by atoms with Crippen molar-refractivity contribution in [2.75, 3.05) is 19.6 Å². The zero-order valence-electron chi connectivity index (χ0n) is 15.4. The third-order valence-corrected chi connectivity index (χ3v) is 4.84. The number of carbonyl (C=O) groups excluding carboxylic acids is 3. The van der Waals surface area contributed by atoms with Gasteiger partial charge in [-0.05, 0) is 58.5 Å². The maximum atomic E-state index is 12.6. The minimum Gasteiger partial charge on any atom is -0.345 e. The van der Waals surface area contributed by atoms with E-state index in [1.54, 1.807) is 6.92 Å². The SMILES string of the molecule is CC(=O)C1CCC(=O)[C@H](CCCCN)NC(=O)[C@H](CCCCN)NC1. The van der Waals surface area contributed by atoms with Crippen LogP contribution in [0.4, 0.5) is 0 Å². The fourth-order valence-electron chi connectivity index (χ4n) is 3.12. The molecule has 7 nitrogen and oxygen atoms in total. The summed E-state index contributed by atoms with van der Waals surface area (Å²) < 4.78 is 0. The number of nitrogens with one attached hydrogen (secondary N) is 2.